The molecule has 30 heavy (non-hydrogen) atoms. The third-order valence-electron chi connectivity index (χ3n) is 4.72. The number of aryl methyl sites for hydroxylation is 1. The molecule has 6 heteroatoms. The predicted octanol–water partition coefficient (Wildman–Crippen LogP) is 4.85. The van der Waals surface area contributed by atoms with Gasteiger partial charge >= 0.3 is 0 Å². The van der Waals surface area contributed by atoms with Gasteiger partial charge in [-0.1, -0.05) is 36.4 Å². The fourth-order valence-electron chi connectivity index (χ4n) is 3.18. The summed E-state index contributed by atoms with van der Waals surface area (Å²) < 4.78 is 46.3. The zero-order valence-electron chi connectivity index (χ0n) is 16.7. The van der Waals surface area contributed by atoms with Crippen LogP contribution in [0.2, 0.25) is 0 Å². The number of benzene rings is 3. The Morgan fingerprint density at radius 3 is 2.30 bits per heavy atom. The number of hydrogen-bond acceptors (Lipinski definition) is 3. The van der Waals surface area contributed by atoms with Crippen LogP contribution in [0.4, 0.5) is 13.2 Å². The van der Waals surface area contributed by atoms with Crippen molar-refractivity contribution in [1.82, 2.24) is 4.90 Å². The van der Waals surface area contributed by atoms with E-state index in [0.717, 1.165) is 17.2 Å². The zero-order valence-corrected chi connectivity index (χ0v) is 16.7. The maximum absolute atomic E-state index is 14.2. The molecule has 0 spiro atoms. The highest BCUT2D eigenvalue weighted by molar-refractivity contribution is 5.31. The number of para-hydroxylation sites is 1. The summed E-state index contributed by atoms with van der Waals surface area (Å²) in [7, 11) is 0. The lowest BCUT2D eigenvalue weighted by atomic mass is 10.1. The van der Waals surface area contributed by atoms with Crippen molar-refractivity contribution in [2.75, 3.05) is 13.2 Å². The number of aliphatic hydroxyl groups is 1. The van der Waals surface area contributed by atoms with Crippen LogP contribution in [0, 0.1) is 24.4 Å². The van der Waals surface area contributed by atoms with E-state index >= 15 is 0 Å². The van der Waals surface area contributed by atoms with Crippen molar-refractivity contribution in [1.29, 1.82) is 0 Å². The summed E-state index contributed by atoms with van der Waals surface area (Å²) in [6.07, 6.45) is -0.839. The Labute approximate surface area is 174 Å². The highest BCUT2D eigenvalue weighted by Gasteiger charge is 2.16. The molecule has 0 aliphatic rings. The molecule has 158 valence electrons. The van der Waals surface area contributed by atoms with Crippen molar-refractivity contribution in [3.05, 3.63) is 101 Å². The second kappa shape index (κ2) is 10.3. The second-order valence-corrected chi connectivity index (χ2v) is 7.26. The Balaban J connectivity index is 1.69. The molecule has 0 aromatic heterocycles. The number of aliphatic hydroxyl groups excluding tert-OH is 1. The summed E-state index contributed by atoms with van der Waals surface area (Å²) in [6.45, 7) is 2.69. The Morgan fingerprint density at radius 1 is 0.900 bits per heavy atom. The molecule has 0 aliphatic carbocycles. The minimum absolute atomic E-state index is 0.0661. The molecule has 0 amide bonds. The minimum Gasteiger partial charge on any atom is -0.491 e. The molecule has 0 aliphatic heterocycles. The molecule has 1 atom stereocenters. The second-order valence-electron chi connectivity index (χ2n) is 7.26. The summed E-state index contributed by atoms with van der Waals surface area (Å²) in [5.41, 5.74) is 2.08. The number of ether oxygens (including phenoxy) is 1. The number of rotatable bonds is 9. The molecule has 0 radical (unpaired) electrons. The van der Waals surface area contributed by atoms with Gasteiger partial charge in [0, 0.05) is 31.3 Å². The number of halogens is 3. The molecular weight excluding hydrogens is 391 g/mol. The molecule has 1 N–H and O–H groups in total. The van der Waals surface area contributed by atoms with E-state index < -0.39 is 17.7 Å². The Hall–Kier alpha value is -2.83. The highest BCUT2D eigenvalue weighted by Crippen LogP contribution is 2.18. The molecular formula is C24H24F3NO2. The van der Waals surface area contributed by atoms with Gasteiger partial charge in [0.2, 0.25) is 0 Å². The Kier molecular flexibility index (Phi) is 7.49. The zero-order chi connectivity index (χ0) is 21.5. The van der Waals surface area contributed by atoms with E-state index in [2.05, 4.69) is 0 Å². The van der Waals surface area contributed by atoms with Gasteiger partial charge < -0.3 is 9.84 Å². The number of hydrogen-bond donors (Lipinski definition) is 1. The van der Waals surface area contributed by atoms with Crippen molar-refractivity contribution < 1.29 is 23.0 Å². The summed E-state index contributed by atoms with van der Waals surface area (Å²) in [5.74, 6) is -0.953. The van der Waals surface area contributed by atoms with E-state index in [1.807, 2.05) is 36.1 Å². The quantitative estimate of drug-likeness (QED) is 0.542. The van der Waals surface area contributed by atoms with Gasteiger partial charge in [0.05, 0.1) is 0 Å². The summed E-state index contributed by atoms with van der Waals surface area (Å²) in [5, 5.41) is 10.5. The van der Waals surface area contributed by atoms with Crippen LogP contribution in [-0.2, 0) is 13.1 Å². The van der Waals surface area contributed by atoms with Crippen molar-refractivity contribution in [2.24, 2.45) is 0 Å². The van der Waals surface area contributed by atoms with Crippen LogP contribution in [0.3, 0.4) is 0 Å². The number of nitrogens with zero attached hydrogens (tertiary/aromatic N) is 1. The van der Waals surface area contributed by atoms with Crippen LogP contribution in [-0.4, -0.2) is 29.3 Å². The van der Waals surface area contributed by atoms with Crippen LogP contribution in [0.15, 0.2) is 66.7 Å². The summed E-state index contributed by atoms with van der Waals surface area (Å²) in [4.78, 5) is 1.81. The lowest BCUT2D eigenvalue weighted by molar-refractivity contribution is 0.0622. The van der Waals surface area contributed by atoms with Crippen molar-refractivity contribution >= 4 is 0 Å². The van der Waals surface area contributed by atoms with E-state index in [-0.39, 0.29) is 25.5 Å². The predicted molar refractivity (Wildman–Crippen MR) is 110 cm³/mol. The maximum Gasteiger partial charge on any atom is 0.130 e. The first-order chi connectivity index (χ1) is 14.4. The van der Waals surface area contributed by atoms with Gasteiger partial charge in [-0.25, -0.2) is 13.2 Å². The van der Waals surface area contributed by atoms with Crippen LogP contribution in [0.25, 0.3) is 0 Å². The molecule has 0 bridgehead atoms. The summed E-state index contributed by atoms with van der Waals surface area (Å²) in [6, 6.07) is 16.9. The standard InChI is InChI=1S/C24H24F3NO2/c1-17-4-2-3-5-24(17)30-16-22(29)15-28(13-18-6-9-20(25)10-7-18)14-19-8-11-21(26)12-23(19)27/h2-12,22,29H,13-16H2,1H3/t22-/m1/s1. The molecule has 0 saturated carbocycles. The van der Waals surface area contributed by atoms with Gasteiger partial charge in [-0.2, -0.15) is 0 Å². The van der Waals surface area contributed by atoms with E-state index in [1.54, 1.807) is 12.1 Å². The first-order valence-electron chi connectivity index (χ1n) is 9.68. The van der Waals surface area contributed by atoms with E-state index in [4.69, 9.17) is 4.74 Å². The van der Waals surface area contributed by atoms with Gasteiger partial charge in [-0.05, 0) is 42.3 Å². The van der Waals surface area contributed by atoms with E-state index in [9.17, 15) is 18.3 Å². The molecule has 3 rings (SSSR count). The van der Waals surface area contributed by atoms with Gasteiger partial charge in [0.15, 0.2) is 0 Å². The van der Waals surface area contributed by atoms with Crippen LogP contribution in [0.1, 0.15) is 16.7 Å². The average Bonchev–Trinajstić information content (AvgIpc) is 2.71. The van der Waals surface area contributed by atoms with E-state index in [1.165, 1.54) is 24.3 Å². The van der Waals surface area contributed by atoms with Crippen molar-refractivity contribution in [3.8, 4) is 5.75 Å². The van der Waals surface area contributed by atoms with Gasteiger partial charge in [0.1, 0.15) is 35.9 Å². The maximum atomic E-state index is 14.2. The fraction of sp³-hybridized carbons (Fsp3) is 0.250. The van der Waals surface area contributed by atoms with Crippen LogP contribution < -0.4 is 4.74 Å². The van der Waals surface area contributed by atoms with Crippen LogP contribution in [0.5, 0.6) is 5.75 Å². The van der Waals surface area contributed by atoms with E-state index in [0.29, 0.717) is 17.9 Å². The molecule has 0 unspecified atom stereocenters. The highest BCUT2D eigenvalue weighted by atomic mass is 19.1. The third-order valence-corrected chi connectivity index (χ3v) is 4.72. The lowest BCUT2D eigenvalue weighted by Gasteiger charge is -2.26. The SMILES string of the molecule is Cc1ccccc1OC[C@H](O)CN(Cc1ccc(F)cc1)Cc1ccc(F)cc1F. The smallest absolute Gasteiger partial charge is 0.130 e. The van der Waals surface area contributed by atoms with Gasteiger partial charge in [-0.3, -0.25) is 4.90 Å². The fourth-order valence-corrected chi connectivity index (χ4v) is 3.18. The first-order valence-corrected chi connectivity index (χ1v) is 9.68. The van der Waals surface area contributed by atoms with Crippen molar-refractivity contribution in [2.45, 2.75) is 26.1 Å². The molecule has 3 nitrogen and oxygen atoms in total. The molecule has 0 fully saturated rings. The molecule has 0 saturated heterocycles. The Morgan fingerprint density at radius 2 is 1.60 bits per heavy atom. The normalized spacial score (nSPS) is 12.2. The van der Waals surface area contributed by atoms with Gasteiger partial charge in [0.25, 0.3) is 0 Å². The lowest BCUT2D eigenvalue weighted by Crippen LogP contribution is -2.35. The first kappa shape index (κ1) is 21.9. The molecule has 3 aromatic carbocycles. The minimum atomic E-state index is -0.839. The van der Waals surface area contributed by atoms with Crippen molar-refractivity contribution in [3.63, 3.8) is 0 Å². The van der Waals surface area contributed by atoms with Gasteiger partial charge in [-0.15, -0.1) is 0 Å². The molecule has 0 heterocycles. The molecule has 3 aromatic rings. The average molecular weight is 415 g/mol. The largest absolute Gasteiger partial charge is 0.491 e. The topological polar surface area (TPSA) is 32.7 Å². The van der Waals surface area contributed by atoms with Crippen LogP contribution >= 0.6 is 0 Å². The Bertz CT molecular complexity index is 963. The summed E-state index contributed by atoms with van der Waals surface area (Å²) >= 11 is 0. The monoisotopic (exact) mass is 415 g/mol. The third kappa shape index (κ3) is 6.34.